The molecule has 1 rings (SSSR count). The van der Waals surface area contributed by atoms with E-state index in [1.165, 1.54) is 11.1 Å². The molecule has 1 aromatic heterocycles. The molecule has 3 nitrogen and oxygen atoms in total. The van der Waals surface area contributed by atoms with Gasteiger partial charge in [0.2, 0.25) is 0 Å². The summed E-state index contributed by atoms with van der Waals surface area (Å²) in [5.41, 5.74) is 2.47. The zero-order valence-electron chi connectivity index (χ0n) is 8.83. The number of aromatic nitrogens is 1. The van der Waals surface area contributed by atoms with Crippen molar-refractivity contribution in [3.63, 3.8) is 0 Å². The molecule has 0 saturated carbocycles. The summed E-state index contributed by atoms with van der Waals surface area (Å²) in [5, 5.41) is 12.3. The number of aliphatic hydroxyl groups is 1. The number of hydrogen-bond acceptors (Lipinski definition) is 3. The van der Waals surface area contributed by atoms with E-state index in [4.69, 9.17) is 5.11 Å². The van der Waals surface area contributed by atoms with Gasteiger partial charge in [-0.3, -0.25) is 4.98 Å². The molecule has 1 aromatic rings. The van der Waals surface area contributed by atoms with Crippen LogP contribution in [-0.4, -0.2) is 22.7 Å². The van der Waals surface area contributed by atoms with Gasteiger partial charge in [-0.2, -0.15) is 0 Å². The topological polar surface area (TPSA) is 45.2 Å². The summed E-state index contributed by atoms with van der Waals surface area (Å²) in [6.45, 7) is 5.55. The van der Waals surface area contributed by atoms with Gasteiger partial charge in [0.25, 0.3) is 0 Å². The van der Waals surface area contributed by atoms with Gasteiger partial charge in [-0.1, -0.05) is 0 Å². The Balaban J connectivity index is 2.28. The number of nitrogens with one attached hydrogen (secondary N) is 1. The minimum Gasteiger partial charge on any atom is -0.393 e. The molecule has 0 aromatic carbocycles. The molecule has 0 radical (unpaired) electrons. The lowest BCUT2D eigenvalue weighted by molar-refractivity contribution is 0.183. The third-order valence-electron chi connectivity index (χ3n) is 2.19. The molecule has 0 spiro atoms. The summed E-state index contributed by atoms with van der Waals surface area (Å²) in [6, 6.07) is 2.02. The normalized spacial score (nSPS) is 12.8. The minimum absolute atomic E-state index is 0.221. The fraction of sp³-hybridized carbons (Fsp3) is 0.545. The molecular formula is C11H18N2O. The Morgan fingerprint density at radius 3 is 3.00 bits per heavy atom. The van der Waals surface area contributed by atoms with E-state index in [9.17, 15) is 0 Å². The van der Waals surface area contributed by atoms with Gasteiger partial charge < -0.3 is 10.4 Å². The van der Waals surface area contributed by atoms with Crippen LogP contribution in [0.2, 0.25) is 0 Å². The van der Waals surface area contributed by atoms with Crippen LogP contribution in [-0.2, 0) is 6.54 Å². The van der Waals surface area contributed by atoms with Crippen LogP contribution >= 0.6 is 0 Å². The van der Waals surface area contributed by atoms with Gasteiger partial charge in [-0.25, -0.2) is 0 Å². The average molecular weight is 194 g/mol. The smallest absolute Gasteiger partial charge is 0.0524 e. The molecule has 14 heavy (non-hydrogen) atoms. The minimum atomic E-state index is -0.221. The van der Waals surface area contributed by atoms with Crippen LogP contribution in [0.4, 0.5) is 0 Å². The zero-order chi connectivity index (χ0) is 10.4. The van der Waals surface area contributed by atoms with Gasteiger partial charge >= 0.3 is 0 Å². The second kappa shape index (κ2) is 5.73. The first-order valence-corrected chi connectivity index (χ1v) is 4.98. The predicted octanol–water partition coefficient (Wildman–Crippen LogP) is 1.25. The maximum absolute atomic E-state index is 9.05. The SMILES string of the molecule is Cc1cnccc1CNCCC(C)O. The summed E-state index contributed by atoms with van der Waals surface area (Å²) in [4.78, 5) is 4.03. The first-order chi connectivity index (χ1) is 6.70. The highest BCUT2D eigenvalue weighted by Gasteiger charge is 1.98. The number of hydrogen-bond donors (Lipinski definition) is 2. The van der Waals surface area contributed by atoms with Gasteiger partial charge in [0, 0.05) is 18.9 Å². The summed E-state index contributed by atoms with van der Waals surface area (Å²) in [6.07, 6.45) is 4.25. The lowest BCUT2D eigenvalue weighted by Gasteiger charge is -2.08. The van der Waals surface area contributed by atoms with Crippen LogP contribution in [0.25, 0.3) is 0 Å². The van der Waals surface area contributed by atoms with Gasteiger partial charge in [-0.05, 0) is 44.0 Å². The van der Waals surface area contributed by atoms with Crippen LogP contribution in [0.3, 0.4) is 0 Å². The maximum atomic E-state index is 9.05. The van der Waals surface area contributed by atoms with Crippen LogP contribution in [0.1, 0.15) is 24.5 Å². The third-order valence-corrected chi connectivity index (χ3v) is 2.19. The Labute approximate surface area is 85.2 Å². The van der Waals surface area contributed by atoms with Crippen molar-refractivity contribution in [1.29, 1.82) is 0 Å². The van der Waals surface area contributed by atoms with E-state index in [-0.39, 0.29) is 6.10 Å². The molecule has 1 heterocycles. The highest BCUT2D eigenvalue weighted by atomic mass is 16.3. The zero-order valence-corrected chi connectivity index (χ0v) is 8.83. The first-order valence-electron chi connectivity index (χ1n) is 4.98. The number of aliphatic hydroxyl groups excluding tert-OH is 1. The van der Waals surface area contributed by atoms with E-state index in [1.807, 2.05) is 12.3 Å². The summed E-state index contributed by atoms with van der Waals surface area (Å²) in [7, 11) is 0. The number of pyridine rings is 1. The lowest BCUT2D eigenvalue weighted by atomic mass is 10.1. The maximum Gasteiger partial charge on any atom is 0.0524 e. The van der Waals surface area contributed by atoms with Gasteiger partial charge in [0.05, 0.1) is 6.10 Å². The highest BCUT2D eigenvalue weighted by Crippen LogP contribution is 2.03. The molecule has 1 unspecified atom stereocenters. The molecule has 1 atom stereocenters. The summed E-state index contributed by atoms with van der Waals surface area (Å²) < 4.78 is 0. The van der Waals surface area contributed by atoms with Gasteiger partial charge in [-0.15, -0.1) is 0 Å². The van der Waals surface area contributed by atoms with Crippen molar-refractivity contribution in [1.82, 2.24) is 10.3 Å². The van der Waals surface area contributed by atoms with Gasteiger partial charge in [0.15, 0.2) is 0 Å². The summed E-state index contributed by atoms with van der Waals surface area (Å²) in [5.74, 6) is 0. The molecule has 0 amide bonds. The number of aryl methyl sites for hydroxylation is 1. The van der Waals surface area contributed by atoms with Crippen molar-refractivity contribution in [2.75, 3.05) is 6.54 Å². The first kappa shape index (κ1) is 11.1. The Hall–Kier alpha value is -0.930. The van der Waals surface area contributed by atoms with E-state index < -0.39 is 0 Å². The largest absolute Gasteiger partial charge is 0.393 e. The van der Waals surface area contributed by atoms with E-state index in [2.05, 4.69) is 17.2 Å². The van der Waals surface area contributed by atoms with Crippen LogP contribution in [0.15, 0.2) is 18.5 Å². The monoisotopic (exact) mass is 194 g/mol. The fourth-order valence-corrected chi connectivity index (χ4v) is 1.23. The van der Waals surface area contributed by atoms with Crippen molar-refractivity contribution >= 4 is 0 Å². The van der Waals surface area contributed by atoms with E-state index in [1.54, 1.807) is 13.1 Å². The Kier molecular flexibility index (Phi) is 4.56. The molecule has 0 bridgehead atoms. The van der Waals surface area contributed by atoms with E-state index >= 15 is 0 Å². The molecular weight excluding hydrogens is 176 g/mol. The van der Waals surface area contributed by atoms with Crippen molar-refractivity contribution in [2.24, 2.45) is 0 Å². The predicted molar refractivity (Wildman–Crippen MR) is 57.0 cm³/mol. The molecule has 78 valence electrons. The second-order valence-electron chi connectivity index (χ2n) is 3.62. The quantitative estimate of drug-likeness (QED) is 0.693. The van der Waals surface area contributed by atoms with Crippen LogP contribution in [0, 0.1) is 6.92 Å². The number of rotatable bonds is 5. The average Bonchev–Trinajstić information content (AvgIpc) is 2.15. The molecule has 0 aliphatic rings. The third kappa shape index (κ3) is 3.85. The summed E-state index contributed by atoms with van der Waals surface area (Å²) >= 11 is 0. The fourth-order valence-electron chi connectivity index (χ4n) is 1.23. The molecule has 0 aliphatic carbocycles. The molecule has 0 aliphatic heterocycles. The van der Waals surface area contributed by atoms with Crippen LogP contribution < -0.4 is 5.32 Å². The molecule has 0 fully saturated rings. The second-order valence-corrected chi connectivity index (χ2v) is 3.62. The standard InChI is InChI=1S/C11H18N2O/c1-9-7-12-6-4-11(9)8-13-5-3-10(2)14/h4,6-7,10,13-14H,3,5,8H2,1-2H3. The van der Waals surface area contributed by atoms with Gasteiger partial charge in [0.1, 0.15) is 0 Å². The molecule has 2 N–H and O–H groups in total. The Morgan fingerprint density at radius 1 is 1.57 bits per heavy atom. The van der Waals surface area contributed by atoms with Crippen molar-refractivity contribution in [3.8, 4) is 0 Å². The Bertz CT molecular complexity index is 274. The van der Waals surface area contributed by atoms with Crippen molar-refractivity contribution < 1.29 is 5.11 Å². The van der Waals surface area contributed by atoms with E-state index in [0.29, 0.717) is 0 Å². The van der Waals surface area contributed by atoms with E-state index in [0.717, 1.165) is 19.5 Å². The molecule has 3 heteroatoms. The Morgan fingerprint density at radius 2 is 2.36 bits per heavy atom. The highest BCUT2D eigenvalue weighted by molar-refractivity contribution is 5.20. The molecule has 0 saturated heterocycles. The van der Waals surface area contributed by atoms with Crippen molar-refractivity contribution in [2.45, 2.75) is 32.9 Å². The van der Waals surface area contributed by atoms with Crippen molar-refractivity contribution in [3.05, 3.63) is 29.6 Å². The van der Waals surface area contributed by atoms with Crippen LogP contribution in [0.5, 0.6) is 0 Å². The lowest BCUT2D eigenvalue weighted by Crippen LogP contribution is -2.19. The number of nitrogens with zero attached hydrogens (tertiary/aromatic N) is 1.